The molecule has 0 radical (unpaired) electrons. The third kappa shape index (κ3) is 4.37. The van der Waals surface area contributed by atoms with Crippen molar-refractivity contribution in [3.8, 4) is 0 Å². The average Bonchev–Trinajstić information content (AvgIpc) is 2.66. The van der Waals surface area contributed by atoms with Crippen LogP contribution in [0, 0.1) is 11.2 Å². The van der Waals surface area contributed by atoms with Crippen LogP contribution in [0.4, 0.5) is 10.2 Å². The predicted octanol–water partition coefficient (Wildman–Crippen LogP) is 3.35. The number of nitrogens with one attached hydrogen (secondary N) is 1. The Morgan fingerprint density at radius 3 is 2.62 bits per heavy atom. The quantitative estimate of drug-likeness (QED) is 0.804. The topological polar surface area (TPSA) is 93.2 Å². The van der Waals surface area contributed by atoms with E-state index in [0.717, 1.165) is 6.07 Å². The molecule has 6 nitrogen and oxygen atoms in total. The van der Waals surface area contributed by atoms with Crippen LogP contribution in [0.15, 0.2) is 35.2 Å². The molecule has 8 heteroatoms. The number of Topliss-reactive ketones (excluding diaryl/α,β-unsaturated/α-hetero) is 1. The van der Waals surface area contributed by atoms with Gasteiger partial charge in [-0.2, -0.15) is 0 Å². The van der Waals surface area contributed by atoms with Gasteiger partial charge in [0.25, 0.3) is 0 Å². The summed E-state index contributed by atoms with van der Waals surface area (Å²) in [6.07, 6.45) is 1.06. The number of benzene rings is 1. The third-order valence-corrected chi connectivity index (χ3v) is 6.93. The van der Waals surface area contributed by atoms with Gasteiger partial charge in [0.05, 0.1) is 22.8 Å². The number of aromatic nitrogens is 1. The molecule has 0 fully saturated rings. The number of fused-ring (bicyclic) bond motifs is 1. The molecule has 3 rings (SSSR count). The highest BCUT2D eigenvalue weighted by molar-refractivity contribution is 7.91. The van der Waals surface area contributed by atoms with E-state index in [0.29, 0.717) is 29.9 Å². The van der Waals surface area contributed by atoms with E-state index < -0.39 is 27.0 Å². The van der Waals surface area contributed by atoms with Crippen LogP contribution < -0.4 is 5.32 Å². The summed E-state index contributed by atoms with van der Waals surface area (Å²) in [4.78, 5) is 29.0. The van der Waals surface area contributed by atoms with Crippen molar-refractivity contribution in [2.45, 2.75) is 44.9 Å². The van der Waals surface area contributed by atoms with Crippen LogP contribution in [-0.2, 0) is 27.5 Å². The zero-order valence-corrected chi connectivity index (χ0v) is 17.4. The number of nitrogens with zero attached hydrogens (tertiary/aromatic N) is 1. The number of aryl methyl sites for hydroxylation is 1. The maximum atomic E-state index is 14.3. The molecule has 0 spiro atoms. The van der Waals surface area contributed by atoms with Gasteiger partial charge in [0.15, 0.2) is 15.6 Å². The van der Waals surface area contributed by atoms with Gasteiger partial charge in [0.1, 0.15) is 11.6 Å². The van der Waals surface area contributed by atoms with Crippen LogP contribution in [0.1, 0.15) is 48.8 Å². The highest BCUT2D eigenvalue weighted by atomic mass is 32.2. The zero-order valence-electron chi connectivity index (χ0n) is 16.6. The van der Waals surface area contributed by atoms with E-state index in [1.807, 2.05) is 13.8 Å². The van der Waals surface area contributed by atoms with E-state index in [9.17, 15) is 22.4 Å². The number of hydrogen-bond donors (Lipinski definition) is 1. The van der Waals surface area contributed by atoms with Crippen molar-refractivity contribution >= 4 is 27.3 Å². The number of ketones is 1. The molecular weight excluding hydrogens is 395 g/mol. The van der Waals surface area contributed by atoms with Crippen molar-refractivity contribution in [1.29, 1.82) is 0 Å². The van der Waals surface area contributed by atoms with E-state index in [2.05, 4.69) is 10.3 Å². The lowest BCUT2D eigenvalue weighted by Gasteiger charge is -2.29. The molecule has 0 atom stereocenters. The van der Waals surface area contributed by atoms with Gasteiger partial charge >= 0.3 is 0 Å². The molecule has 1 aromatic carbocycles. The molecule has 0 saturated heterocycles. The van der Waals surface area contributed by atoms with Crippen molar-refractivity contribution in [2.75, 3.05) is 11.1 Å². The molecule has 1 N–H and O–H groups in total. The fourth-order valence-electron chi connectivity index (χ4n) is 3.27. The predicted molar refractivity (Wildman–Crippen MR) is 107 cm³/mol. The number of pyridine rings is 1. The number of halogens is 1. The molecule has 0 saturated carbocycles. The Bertz CT molecular complexity index is 1090. The summed E-state index contributed by atoms with van der Waals surface area (Å²) in [5.41, 5.74) is 0.881. The van der Waals surface area contributed by atoms with Gasteiger partial charge in [0, 0.05) is 11.0 Å². The molecule has 0 bridgehead atoms. The van der Waals surface area contributed by atoms with E-state index in [4.69, 9.17) is 0 Å². The standard InChI is InChI=1S/C21H23FN2O4S/c1-4-29(27,28)14-6-5-13(16(22)12-14)11-19(25)24-18-8-7-15-17(23-18)9-10-21(2,3)20(15)26/h5-8,12H,4,9-11H2,1-3H3,(H,23,24,25). The van der Waals surface area contributed by atoms with Crippen molar-refractivity contribution in [3.63, 3.8) is 0 Å². The number of anilines is 1. The smallest absolute Gasteiger partial charge is 0.230 e. The summed E-state index contributed by atoms with van der Waals surface area (Å²) < 4.78 is 37.9. The van der Waals surface area contributed by atoms with Gasteiger partial charge in [-0.25, -0.2) is 17.8 Å². The molecule has 1 aliphatic rings. The molecule has 29 heavy (non-hydrogen) atoms. The number of carbonyl (C=O) groups is 2. The number of sulfone groups is 1. The van der Waals surface area contributed by atoms with Crippen LogP contribution in [0.25, 0.3) is 0 Å². The third-order valence-electron chi connectivity index (χ3n) is 5.20. The van der Waals surface area contributed by atoms with Crippen molar-refractivity contribution < 1.29 is 22.4 Å². The van der Waals surface area contributed by atoms with Crippen LogP contribution in [0.2, 0.25) is 0 Å². The Morgan fingerprint density at radius 1 is 1.24 bits per heavy atom. The number of carbonyl (C=O) groups excluding carboxylic acids is 2. The first-order valence-electron chi connectivity index (χ1n) is 9.39. The summed E-state index contributed by atoms with van der Waals surface area (Å²) in [5, 5.41) is 2.61. The molecule has 2 aromatic rings. The Morgan fingerprint density at radius 2 is 1.97 bits per heavy atom. The molecule has 1 heterocycles. The van der Waals surface area contributed by atoms with Crippen LogP contribution in [-0.4, -0.2) is 30.8 Å². The minimum Gasteiger partial charge on any atom is -0.310 e. The molecule has 0 aliphatic heterocycles. The number of rotatable bonds is 5. The Balaban J connectivity index is 1.73. The van der Waals surface area contributed by atoms with Crippen molar-refractivity contribution in [1.82, 2.24) is 4.98 Å². The van der Waals surface area contributed by atoms with Gasteiger partial charge in [-0.05, 0) is 42.7 Å². The van der Waals surface area contributed by atoms with Gasteiger partial charge in [-0.15, -0.1) is 0 Å². The van der Waals surface area contributed by atoms with E-state index in [-0.39, 0.29) is 28.4 Å². The second-order valence-electron chi connectivity index (χ2n) is 7.79. The fourth-order valence-corrected chi connectivity index (χ4v) is 4.16. The summed E-state index contributed by atoms with van der Waals surface area (Å²) in [6, 6.07) is 6.76. The van der Waals surface area contributed by atoms with Gasteiger partial charge in [0.2, 0.25) is 5.91 Å². The average molecular weight is 418 g/mol. The lowest BCUT2D eigenvalue weighted by molar-refractivity contribution is -0.115. The van der Waals surface area contributed by atoms with Crippen LogP contribution in [0.5, 0.6) is 0 Å². The van der Waals surface area contributed by atoms with Crippen LogP contribution >= 0.6 is 0 Å². The van der Waals surface area contributed by atoms with Crippen LogP contribution in [0.3, 0.4) is 0 Å². The molecule has 1 amide bonds. The first kappa shape index (κ1) is 21.1. The highest BCUT2D eigenvalue weighted by Gasteiger charge is 2.34. The van der Waals surface area contributed by atoms with Gasteiger partial charge in [-0.1, -0.05) is 26.8 Å². The maximum absolute atomic E-state index is 14.3. The highest BCUT2D eigenvalue weighted by Crippen LogP contribution is 2.34. The maximum Gasteiger partial charge on any atom is 0.230 e. The molecular formula is C21H23FN2O4S. The summed E-state index contributed by atoms with van der Waals surface area (Å²) >= 11 is 0. The van der Waals surface area contributed by atoms with Crippen molar-refractivity contribution in [3.05, 3.63) is 53.0 Å². The first-order chi connectivity index (χ1) is 13.5. The normalized spacial score (nSPS) is 15.7. The summed E-state index contributed by atoms with van der Waals surface area (Å²) in [5.74, 6) is -1.03. The first-order valence-corrected chi connectivity index (χ1v) is 11.0. The van der Waals surface area contributed by atoms with Gasteiger partial charge < -0.3 is 5.32 Å². The van der Waals surface area contributed by atoms with Gasteiger partial charge in [-0.3, -0.25) is 9.59 Å². The lowest BCUT2D eigenvalue weighted by Crippen LogP contribution is -2.31. The zero-order chi connectivity index (χ0) is 21.4. The molecule has 154 valence electrons. The van der Waals surface area contributed by atoms with E-state index >= 15 is 0 Å². The van der Waals surface area contributed by atoms with E-state index in [1.165, 1.54) is 19.1 Å². The number of hydrogen-bond acceptors (Lipinski definition) is 5. The summed E-state index contributed by atoms with van der Waals surface area (Å²) in [7, 11) is -3.51. The second kappa shape index (κ2) is 7.67. The minimum atomic E-state index is -3.51. The number of amides is 1. The molecule has 0 unspecified atom stereocenters. The lowest BCUT2D eigenvalue weighted by atomic mass is 9.75. The molecule has 1 aromatic heterocycles. The minimum absolute atomic E-state index is 0.0355. The Hall–Kier alpha value is -2.61. The summed E-state index contributed by atoms with van der Waals surface area (Å²) in [6.45, 7) is 5.29. The van der Waals surface area contributed by atoms with E-state index in [1.54, 1.807) is 12.1 Å². The Kier molecular flexibility index (Phi) is 5.58. The largest absolute Gasteiger partial charge is 0.310 e. The Labute approximate surface area is 169 Å². The SMILES string of the molecule is CCS(=O)(=O)c1ccc(CC(=O)Nc2ccc3c(n2)CCC(C)(C)C3=O)c(F)c1. The van der Waals surface area contributed by atoms with Crippen molar-refractivity contribution in [2.24, 2.45) is 5.41 Å². The second-order valence-corrected chi connectivity index (χ2v) is 10.1. The monoisotopic (exact) mass is 418 g/mol. The fraction of sp³-hybridized carbons (Fsp3) is 0.381. The molecule has 1 aliphatic carbocycles.